The van der Waals surface area contributed by atoms with Crippen LogP contribution in [0.2, 0.25) is 0 Å². The number of thiazole rings is 1. The first-order chi connectivity index (χ1) is 15.9. The summed E-state index contributed by atoms with van der Waals surface area (Å²) in [4.78, 5) is 40.1. The van der Waals surface area contributed by atoms with Crippen LogP contribution in [-0.2, 0) is 4.79 Å². The summed E-state index contributed by atoms with van der Waals surface area (Å²) in [7, 11) is 0. The van der Waals surface area contributed by atoms with Crippen LogP contribution in [0.3, 0.4) is 0 Å². The van der Waals surface area contributed by atoms with Gasteiger partial charge in [-0.1, -0.05) is 17.4 Å². The molecule has 166 valence electrons. The van der Waals surface area contributed by atoms with Gasteiger partial charge in [0.1, 0.15) is 0 Å². The molecule has 0 spiro atoms. The lowest BCUT2D eigenvalue weighted by molar-refractivity contribution is -0.384. The van der Waals surface area contributed by atoms with Crippen LogP contribution in [0.15, 0.2) is 71.6 Å². The number of carbonyl (C=O) groups excluding carboxylic acids is 2. The summed E-state index contributed by atoms with van der Waals surface area (Å²) in [6.45, 7) is 2.01. The maximum absolute atomic E-state index is 12.3. The monoisotopic (exact) mass is 478 g/mol. The summed E-state index contributed by atoms with van der Waals surface area (Å²) in [6.07, 6.45) is 0. The third-order valence-electron chi connectivity index (χ3n) is 4.61. The molecule has 10 heteroatoms. The fourth-order valence-corrected chi connectivity index (χ4v) is 4.64. The van der Waals surface area contributed by atoms with Crippen LogP contribution in [0.25, 0.3) is 10.2 Å². The van der Waals surface area contributed by atoms with E-state index in [-0.39, 0.29) is 23.3 Å². The Kier molecular flexibility index (Phi) is 6.66. The normalized spacial score (nSPS) is 10.7. The van der Waals surface area contributed by atoms with Gasteiger partial charge in [-0.05, 0) is 61.0 Å². The number of carbonyl (C=O) groups is 2. The molecule has 1 heterocycles. The van der Waals surface area contributed by atoms with Crippen molar-refractivity contribution < 1.29 is 14.5 Å². The van der Waals surface area contributed by atoms with Crippen molar-refractivity contribution in [1.82, 2.24) is 4.98 Å². The molecule has 0 atom stereocenters. The van der Waals surface area contributed by atoms with Gasteiger partial charge in [0.2, 0.25) is 5.91 Å². The number of anilines is 2. The molecule has 0 unspecified atom stereocenters. The number of hydrogen-bond acceptors (Lipinski definition) is 7. The summed E-state index contributed by atoms with van der Waals surface area (Å²) in [5.41, 5.74) is 2.83. The van der Waals surface area contributed by atoms with E-state index in [1.54, 1.807) is 12.1 Å². The molecule has 0 saturated carbocycles. The number of thioether (sulfide) groups is 1. The molecule has 4 aromatic rings. The zero-order chi connectivity index (χ0) is 23.4. The minimum atomic E-state index is -0.516. The van der Waals surface area contributed by atoms with Crippen LogP contribution < -0.4 is 10.6 Å². The minimum Gasteiger partial charge on any atom is -0.322 e. The predicted octanol–water partition coefficient (Wildman–Crippen LogP) is 5.50. The van der Waals surface area contributed by atoms with Gasteiger partial charge in [-0.2, -0.15) is 0 Å². The lowest BCUT2D eigenvalue weighted by Gasteiger charge is -2.07. The number of benzene rings is 3. The molecule has 0 aliphatic carbocycles. The summed E-state index contributed by atoms with van der Waals surface area (Å²) < 4.78 is 1.03. The number of non-ortho nitro benzene ring substituents is 1. The zero-order valence-corrected chi connectivity index (χ0v) is 19.0. The summed E-state index contributed by atoms with van der Waals surface area (Å²) in [6, 6.07) is 18.4. The van der Waals surface area contributed by atoms with Crippen molar-refractivity contribution in [1.29, 1.82) is 0 Å². The Morgan fingerprint density at radius 3 is 2.45 bits per heavy atom. The first kappa shape index (κ1) is 22.4. The van der Waals surface area contributed by atoms with Gasteiger partial charge in [0.05, 0.1) is 20.9 Å². The highest BCUT2D eigenvalue weighted by Gasteiger charge is 2.11. The molecule has 0 aliphatic rings. The highest BCUT2D eigenvalue weighted by atomic mass is 32.2. The van der Waals surface area contributed by atoms with Crippen molar-refractivity contribution in [3.63, 3.8) is 0 Å². The van der Waals surface area contributed by atoms with Crippen molar-refractivity contribution in [2.75, 3.05) is 16.4 Å². The Bertz CT molecular complexity index is 1340. The average molecular weight is 479 g/mol. The van der Waals surface area contributed by atoms with Crippen molar-refractivity contribution >= 4 is 61.6 Å². The van der Waals surface area contributed by atoms with Crippen LogP contribution in [0, 0.1) is 17.0 Å². The van der Waals surface area contributed by atoms with Crippen molar-refractivity contribution in [2.45, 2.75) is 11.8 Å². The predicted molar refractivity (Wildman–Crippen MR) is 131 cm³/mol. The largest absolute Gasteiger partial charge is 0.322 e. The summed E-state index contributed by atoms with van der Waals surface area (Å²) >= 11 is 2.82. The molecule has 33 heavy (non-hydrogen) atoms. The second-order valence-corrected chi connectivity index (χ2v) is 9.19. The molecule has 3 aromatic carbocycles. The minimum absolute atomic E-state index is 0.0739. The van der Waals surface area contributed by atoms with E-state index in [1.807, 2.05) is 37.3 Å². The fourth-order valence-electron chi connectivity index (χ4n) is 2.96. The first-order valence-electron chi connectivity index (χ1n) is 9.83. The van der Waals surface area contributed by atoms with E-state index in [0.717, 1.165) is 20.7 Å². The Balaban J connectivity index is 1.29. The van der Waals surface area contributed by atoms with E-state index in [0.29, 0.717) is 16.4 Å². The Labute approximate surface area is 197 Å². The maximum atomic E-state index is 12.3. The number of hydrogen-bond donors (Lipinski definition) is 2. The maximum Gasteiger partial charge on any atom is 0.269 e. The number of fused-ring (bicyclic) bond motifs is 1. The van der Waals surface area contributed by atoms with Crippen molar-refractivity contribution in [3.8, 4) is 0 Å². The van der Waals surface area contributed by atoms with Gasteiger partial charge < -0.3 is 10.6 Å². The molecular formula is C23H18N4O4S2. The lowest BCUT2D eigenvalue weighted by atomic mass is 10.2. The quantitative estimate of drug-likeness (QED) is 0.206. The number of nitro benzene ring substituents is 1. The highest BCUT2D eigenvalue weighted by Crippen LogP contribution is 2.27. The Hall–Kier alpha value is -3.76. The SMILES string of the molecule is Cc1ccc2nc(NC(=O)CSc3ccc(NC(=O)c4ccc([N+](=O)[O-])cc4)cc3)sc2c1. The Morgan fingerprint density at radius 1 is 1.03 bits per heavy atom. The molecule has 0 saturated heterocycles. The topological polar surface area (TPSA) is 114 Å². The third-order valence-corrected chi connectivity index (χ3v) is 6.56. The number of amides is 2. The molecule has 0 bridgehead atoms. The summed E-state index contributed by atoms with van der Waals surface area (Å²) in [5, 5.41) is 16.9. The number of nitrogens with one attached hydrogen (secondary N) is 2. The van der Waals surface area contributed by atoms with E-state index in [4.69, 9.17) is 0 Å². The van der Waals surface area contributed by atoms with Gasteiger partial charge in [-0.15, -0.1) is 11.8 Å². The van der Waals surface area contributed by atoms with Gasteiger partial charge >= 0.3 is 0 Å². The molecule has 1 aromatic heterocycles. The van der Waals surface area contributed by atoms with Gasteiger partial charge in [0, 0.05) is 28.3 Å². The number of aromatic nitrogens is 1. The first-order valence-corrected chi connectivity index (χ1v) is 11.6. The van der Waals surface area contributed by atoms with Crippen LogP contribution >= 0.6 is 23.1 Å². The van der Waals surface area contributed by atoms with E-state index in [1.165, 1.54) is 47.4 Å². The van der Waals surface area contributed by atoms with E-state index in [9.17, 15) is 19.7 Å². The molecule has 0 aliphatic heterocycles. The highest BCUT2D eigenvalue weighted by molar-refractivity contribution is 8.00. The average Bonchev–Trinajstić information content (AvgIpc) is 3.19. The third kappa shape index (κ3) is 5.73. The molecule has 8 nitrogen and oxygen atoms in total. The van der Waals surface area contributed by atoms with Crippen LogP contribution in [0.1, 0.15) is 15.9 Å². The van der Waals surface area contributed by atoms with Crippen LogP contribution in [-0.4, -0.2) is 27.5 Å². The van der Waals surface area contributed by atoms with Crippen LogP contribution in [0.4, 0.5) is 16.5 Å². The lowest BCUT2D eigenvalue weighted by Crippen LogP contribution is -2.13. The van der Waals surface area contributed by atoms with Crippen molar-refractivity contribution in [2.24, 2.45) is 0 Å². The second kappa shape index (κ2) is 9.80. The molecule has 0 radical (unpaired) electrons. The van der Waals surface area contributed by atoms with Gasteiger partial charge in [-0.3, -0.25) is 19.7 Å². The number of nitro groups is 1. The van der Waals surface area contributed by atoms with Gasteiger partial charge in [-0.25, -0.2) is 4.98 Å². The van der Waals surface area contributed by atoms with Crippen molar-refractivity contribution in [3.05, 3.63) is 88.0 Å². The number of nitrogens with zero attached hydrogens (tertiary/aromatic N) is 2. The smallest absolute Gasteiger partial charge is 0.269 e. The van der Waals surface area contributed by atoms with Gasteiger partial charge in [0.15, 0.2) is 5.13 Å². The number of aryl methyl sites for hydroxylation is 1. The standard InChI is InChI=1S/C23H18N4O4S2/c1-14-2-11-19-20(12-14)33-23(25-19)26-21(28)13-32-18-9-5-16(6-10-18)24-22(29)15-3-7-17(8-4-15)27(30)31/h2-12H,13H2,1H3,(H,24,29)(H,25,26,28). The molecule has 2 amide bonds. The number of rotatable bonds is 7. The van der Waals surface area contributed by atoms with E-state index < -0.39 is 4.92 Å². The van der Waals surface area contributed by atoms with Gasteiger partial charge in [0.25, 0.3) is 11.6 Å². The molecule has 0 fully saturated rings. The molecular weight excluding hydrogens is 460 g/mol. The molecule has 2 N–H and O–H groups in total. The molecule has 4 rings (SSSR count). The fraction of sp³-hybridized carbons (Fsp3) is 0.0870. The zero-order valence-electron chi connectivity index (χ0n) is 17.4. The second-order valence-electron chi connectivity index (χ2n) is 7.11. The van der Waals surface area contributed by atoms with E-state index >= 15 is 0 Å². The Morgan fingerprint density at radius 2 is 1.76 bits per heavy atom. The van der Waals surface area contributed by atoms with E-state index in [2.05, 4.69) is 15.6 Å². The van der Waals surface area contributed by atoms with Crippen LogP contribution in [0.5, 0.6) is 0 Å². The summed E-state index contributed by atoms with van der Waals surface area (Å²) in [5.74, 6) is -0.286.